The Balaban J connectivity index is 1.63. The molecule has 0 spiro atoms. The van der Waals surface area contributed by atoms with Gasteiger partial charge in [-0.2, -0.15) is 4.98 Å². The molecule has 3 rings (SSSR count). The average Bonchev–Trinajstić information content (AvgIpc) is 3.17. The molecule has 0 bridgehead atoms. The zero-order valence-electron chi connectivity index (χ0n) is 13.3. The van der Waals surface area contributed by atoms with Gasteiger partial charge >= 0.3 is 0 Å². The molecule has 0 amide bonds. The third-order valence-electron chi connectivity index (χ3n) is 3.47. The number of nitrogens with zero attached hydrogens (tertiary/aromatic N) is 2. The van der Waals surface area contributed by atoms with Crippen molar-refractivity contribution in [2.24, 2.45) is 0 Å². The van der Waals surface area contributed by atoms with Gasteiger partial charge in [-0.25, -0.2) is 13.1 Å². The van der Waals surface area contributed by atoms with Crippen LogP contribution in [0.3, 0.4) is 0 Å². The quantitative estimate of drug-likeness (QED) is 0.728. The lowest BCUT2D eigenvalue weighted by Crippen LogP contribution is -2.25. The summed E-state index contributed by atoms with van der Waals surface area (Å²) in [7, 11) is -3.48. The van der Waals surface area contributed by atoms with Crippen LogP contribution in [0.15, 0.2) is 45.1 Å². The molecule has 0 fully saturated rings. The second kappa shape index (κ2) is 6.84. The predicted molar refractivity (Wildman–Crippen MR) is 92.4 cm³/mol. The highest BCUT2D eigenvalue weighted by atomic mass is 32.2. The van der Waals surface area contributed by atoms with Crippen molar-refractivity contribution in [2.45, 2.75) is 24.5 Å². The molecule has 0 aliphatic rings. The fourth-order valence-electron chi connectivity index (χ4n) is 2.21. The Morgan fingerprint density at radius 3 is 2.67 bits per heavy atom. The minimum atomic E-state index is -3.48. The van der Waals surface area contributed by atoms with E-state index in [0.717, 1.165) is 16.0 Å². The zero-order valence-corrected chi connectivity index (χ0v) is 14.9. The Morgan fingerprint density at radius 2 is 1.96 bits per heavy atom. The third kappa shape index (κ3) is 3.72. The van der Waals surface area contributed by atoms with Crippen LogP contribution < -0.4 is 4.72 Å². The molecular formula is C16H17N3O3S2. The maximum Gasteiger partial charge on any atom is 0.250 e. The smallest absolute Gasteiger partial charge is 0.250 e. The molecule has 3 aromatic rings. The number of benzene rings is 1. The van der Waals surface area contributed by atoms with Gasteiger partial charge in [0.25, 0.3) is 0 Å². The molecular weight excluding hydrogens is 346 g/mol. The number of rotatable bonds is 6. The van der Waals surface area contributed by atoms with E-state index in [1.807, 2.05) is 38.1 Å². The maximum absolute atomic E-state index is 12.1. The summed E-state index contributed by atoms with van der Waals surface area (Å²) in [5.74, 6) is 0.915. The van der Waals surface area contributed by atoms with Crippen LogP contribution >= 0.6 is 11.3 Å². The summed E-state index contributed by atoms with van der Waals surface area (Å²) in [5.41, 5.74) is 1.96. The highest BCUT2D eigenvalue weighted by molar-refractivity contribution is 7.91. The van der Waals surface area contributed by atoms with Crippen LogP contribution in [-0.2, 0) is 16.4 Å². The summed E-state index contributed by atoms with van der Waals surface area (Å²) in [6.45, 7) is 4.05. The molecule has 0 radical (unpaired) electrons. The van der Waals surface area contributed by atoms with E-state index >= 15 is 0 Å². The van der Waals surface area contributed by atoms with Crippen LogP contribution in [0.2, 0.25) is 0 Å². The van der Waals surface area contributed by atoms with Crippen LogP contribution in [0, 0.1) is 13.8 Å². The van der Waals surface area contributed by atoms with Crippen LogP contribution in [-0.4, -0.2) is 25.1 Å². The van der Waals surface area contributed by atoms with E-state index in [4.69, 9.17) is 4.52 Å². The second-order valence-electron chi connectivity index (χ2n) is 5.34. The van der Waals surface area contributed by atoms with Gasteiger partial charge in [0.2, 0.25) is 21.7 Å². The van der Waals surface area contributed by atoms with Crippen LogP contribution in [0.25, 0.3) is 11.4 Å². The van der Waals surface area contributed by atoms with E-state index in [9.17, 15) is 8.42 Å². The van der Waals surface area contributed by atoms with Crippen molar-refractivity contribution in [1.82, 2.24) is 14.9 Å². The van der Waals surface area contributed by atoms with E-state index in [1.165, 1.54) is 11.3 Å². The van der Waals surface area contributed by atoms with Gasteiger partial charge in [-0.15, -0.1) is 11.3 Å². The summed E-state index contributed by atoms with van der Waals surface area (Å²) in [6, 6.07) is 11.1. The topological polar surface area (TPSA) is 85.1 Å². The van der Waals surface area contributed by atoms with Gasteiger partial charge in [0.1, 0.15) is 4.21 Å². The van der Waals surface area contributed by atoms with E-state index in [-0.39, 0.29) is 6.54 Å². The van der Waals surface area contributed by atoms with Crippen molar-refractivity contribution >= 4 is 21.4 Å². The standard InChI is InChI=1S/C16H17N3O3S2/c1-11-5-3-4-6-13(11)16-18-14(22-19-16)9-10-17-24(20,21)15-8-7-12(2)23-15/h3-8,17H,9-10H2,1-2H3. The number of hydrogen-bond donors (Lipinski definition) is 1. The Morgan fingerprint density at radius 1 is 1.17 bits per heavy atom. The molecule has 0 aliphatic heterocycles. The van der Waals surface area contributed by atoms with Gasteiger partial charge in [0.15, 0.2) is 0 Å². The van der Waals surface area contributed by atoms with Crippen molar-refractivity contribution in [3.63, 3.8) is 0 Å². The number of aryl methyl sites for hydroxylation is 2. The minimum absolute atomic E-state index is 0.203. The molecule has 24 heavy (non-hydrogen) atoms. The lowest BCUT2D eigenvalue weighted by Gasteiger charge is -2.02. The van der Waals surface area contributed by atoms with Gasteiger partial charge in [0, 0.05) is 23.4 Å². The SMILES string of the molecule is Cc1ccc(S(=O)(=O)NCCc2nc(-c3ccccc3C)no2)s1. The highest BCUT2D eigenvalue weighted by Gasteiger charge is 2.16. The molecule has 2 aromatic heterocycles. The second-order valence-corrected chi connectivity index (χ2v) is 8.62. The summed E-state index contributed by atoms with van der Waals surface area (Å²) in [4.78, 5) is 5.28. The lowest BCUT2D eigenvalue weighted by atomic mass is 10.1. The summed E-state index contributed by atoms with van der Waals surface area (Å²) in [5, 5.41) is 3.96. The first-order valence-electron chi connectivity index (χ1n) is 7.40. The monoisotopic (exact) mass is 363 g/mol. The number of thiophene rings is 1. The maximum atomic E-state index is 12.1. The van der Waals surface area contributed by atoms with Crippen molar-refractivity contribution in [3.8, 4) is 11.4 Å². The lowest BCUT2D eigenvalue weighted by molar-refractivity contribution is 0.379. The van der Waals surface area contributed by atoms with E-state index in [2.05, 4.69) is 14.9 Å². The molecule has 1 N–H and O–H groups in total. The van der Waals surface area contributed by atoms with Gasteiger partial charge in [-0.05, 0) is 31.5 Å². The number of hydrogen-bond acceptors (Lipinski definition) is 6. The first-order chi connectivity index (χ1) is 11.5. The molecule has 0 unspecified atom stereocenters. The third-order valence-corrected chi connectivity index (χ3v) is 6.42. The fraction of sp³-hybridized carbons (Fsp3) is 0.250. The Hall–Kier alpha value is -2.03. The highest BCUT2D eigenvalue weighted by Crippen LogP contribution is 2.21. The van der Waals surface area contributed by atoms with Crippen LogP contribution in [0.1, 0.15) is 16.3 Å². The van der Waals surface area contributed by atoms with Gasteiger partial charge < -0.3 is 4.52 Å². The van der Waals surface area contributed by atoms with Crippen molar-refractivity contribution in [1.29, 1.82) is 0 Å². The fourth-order valence-corrected chi connectivity index (χ4v) is 4.57. The number of sulfonamides is 1. The number of aromatic nitrogens is 2. The summed E-state index contributed by atoms with van der Waals surface area (Å²) < 4.78 is 32.3. The normalized spacial score (nSPS) is 11.8. The number of nitrogens with one attached hydrogen (secondary N) is 1. The first-order valence-corrected chi connectivity index (χ1v) is 9.70. The first kappa shape index (κ1) is 16.8. The van der Waals surface area contributed by atoms with Crippen LogP contribution in [0.5, 0.6) is 0 Å². The average molecular weight is 363 g/mol. The molecule has 0 saturated carbocycles. The zero-order chi connectivity index (χ0) is 17.2. The van der Waals surface area contributed by atoms with E-state index < -0.39 is 10.0 Å². The Kier molecular flexibility index (Phi) is 4.79. The molecule has 6 nitrogen and oxygen atoms in total. The Labute approximate surface area is 144 Å². The largest absolute Gasteiger partial charge is 0.339 e. The van der Waals surface area contributed by atoms with Crippen molar-refractivity contribution in [2.75, 3.05) is 6.54 Å². The Bertz CT molecular complexity index is 945. The molecule has 2 heterocycles. The molecule has 8 heteroatoms. The van der Waals surface area contributed by atoms with Crippen LogP contribution in [0.4, 0.5) is 0 Å². The van der Waals surface area contributed by atoms with Crippen molar-refractivity contribution in [3.05, 3.63) is 52.7 Å². The molecule has 126 valence electrons. The summed E-state index contributed by atoms with van der Waals surface area (Å²) >= 11 is 1.24. The van der Waals surface area contributed by atoms with Gasteiger partial charge in [-0.3, -0.25) is 0 Å². The van der Waals surface area contributed by atoms with Crippen molar-refractivity contribution < 1.29 is 12.9 Å². The predicted octanol–water partition coefficient (Wildman–Crippen LogP) is 2.94. The van der Waals surface area contributed by atoms with E-state index in [0.29, 0.717) is 22.3 Å². The van der Waals surface area contributed by atoms with Gasteiger partial charge in [0.05, 0.1) is 0 Å². The molecule has 0 aliphatic carbocycles. The van der Waals surface area contributed by atoms with E-state index in [1.54, 1.807) is 12.1 Å². The molecule has 1 aromatic carbocycles. The molecule has 0 atom stereocenters. The summed E-state index contributed by atoms with van der Waals surface area (Å²) in [6.07, 6.45) is 0.336. The molecule has 0 saturated heterocycles. The minimum Gasteiger partial charge on any atom is -0.339 e. The van der Waals surface area contributed by atoms with Gasteiger partial charge in [-0.1, -0.05) is 29.4 Å².